The molecule has 0 spiro atoms. The number of carbonyl (C=O) groups is 1. The van der Waals surface area contributed by atoms with Crippen LogP contribution in [0.4, 0.5) is 0 Å². The number of nitrogens with zero attached hydrogens (tertiary/aromatic N) is 1. The third-order valence-corrected chi connectivity index (χ3v) is 5.23. The van der Waals surface area contributed by atoms with E-state index in [-0.39, 0.29) is 25.5 Å². The summed E-state index contributed by atoms with van der Waals surface area (Å²) in [4.78, 5) is 21.6. The van der Waals surface area contributed by atoms with Crippen molar-refractivity contribution >= 4 is 13.7 Å². The highest BCUT2D eigenvalue weighted by atomic mass is 31.2. The van der Waals surface area contributed by atoms with Gasteiger partial charge < -0.3 is 19.8 Å². The molecule has 3 unspecified atom stereocenters. The second-order valence-electron chi connectivity index (χ2n) is 8.25. The number of aliphatic hydroxyl groups is 1. The first-order valence-corrected chi connectivity index (χ1v) is 12.3. The Morgan fingerprint density at radius 2 is 1.65 bits per heavy atom. The maximum absolute atomic E-state index is 12.1. The van der Waals surface area contributed by atoms with E-state index < -0.39 is 20.0 Å². The van der Waals surface area contributed by atoms with Gasteiger partial charge in [0.1, 0.15) is 13.2 Å². The third-order valence-electron chi connectivity index (χ3n) is 4.25. The van der Waals surface area contributed by atoms with E-state index in [4.69, 9.17) is 9.05 Å². The Kier molecular flexibility index (Phi) is 15.7. The van der Waals surface area contributed by atoms with E-state index in [1.165, 1.54) is 0 Å². The van der Waals surface area contributed by atoms with Crippen LogP contribution in [0.2, 0.25) is 0 Å². The fourth-order valence-electron chi connectivity index (χ4n) is 2.33. The van der Waals surface area contributed by atoms with Crippen LogP contribution in [0.5, 0.6) is 0 Å². The summed E-state index contributed by atoms with van der Waals surface area (Å²) in [6.45, 7) is 3.91. The van der Waals surface area contributed by atoms with Crippen molar-refractivity contribution in [3.05, 3.63) is 36.5 Å². The molecule has 0 bridgehead atoms. The lowest BCUT2D eigenvalue weighted by molar-refractivity contribution is -0.870. The topological polar surface area (TPSA) is 105 Å². The van der Waals surface area contributed by atoms with Crippen molar-refractivity contribution < 1.29 is 32.9 Å². The number of phosphoric ester groups is 1. The first-order valence-electron chi connectivity index (χ1n) is 10.8. The van der Waals surface area contributed by atoms with Crippen molar-refractivity contribution in [2.75, 3.05) is 40.9 Å². The number of aliphatic hydroxyl groups excluding tert-OH is 1. The monoisotopic (exact) mass is 461 g/mol. The van der Waals surface area contributed by atoms with Gasteiger partial charge in [-0.2, -0.15) is 0 Å². The molecule has 0 radical (unpaired) electrons. The van der Waals surface area contributed by atoms with Gasteiger partial charge in [0.2, 0.25) is 5.91 Å². The molecule has 0 aromatic heterocycles. The van der Waals surface area contributed by atoms with Gasteiger partial charge in [-0.1, -0.05) is 43.4 Å². The van der Waals surface area contributed by atoms with E-state index in [0.717, 1.165) is 25.7 Å². The minimum atomic E-state index is -4.29. The Labute approximate surface area is 187 Å². The van der Waals surface area contributed by atoms with Gasteiger partial charge in [0.15, 0.2) is 0 Å². The fourth-order valence-corrected chi connectivity index (χ4v) is 3.07. The van der Waals surface area contributed by atoms with E-state index in [9.17, 15) is 19.4 Å². The summed E-state index contributed by atoms with van der Waals surface area (Å²) < 4.78 is 22.7. The van der Waals surface area contributed by atoms with E-state index in [1.54, 1.807) is 13.0 Å². The highest BCUT2D eigenvalue weighted by molar-refractivity contribution is 7.47. The normalized spacial score (nSPS) is 16.7. The highest BCUT2D eigenvalue weighted by Gasteiger charge is 2.27. The van der Waals surface area contributed by atoms with Crippen LogP contribution in [0, 0.1) is 0 Å². The summed E-state index contributed by atoms with van der Waals surface area (Å²) >= 11 is 0. The molecule has 3 atom stereocenters. The fraction of sp³-hybridized carbons (Fsp3) is 0.682. The molecule has 0 aliphatic heterocycles. The second kappa shape index (κ2) is 16.4. The maximum Gasteiger partial charge on any atom is 0.472 e. The number of likely N-dealkylation sites (N-methyl/N-ethyl adjacent to an activating group) is 1. The van der Waals surface area contributed by atoms with Crippen LogP contribution >= 0.6 is 7.82 Å². The summed E-state index contributed by atoms with van der Waals surface area (Å²) in [6, 6.07) is -0.859. The highest BCUT2D eigenvalue weighted by Crippen LogP contribution is 2.43. The van der Waals surface area contributed by atoms with Crippen LogP contribution in [0.15, 0.2) is 36.5 Å². The standard InChI is InChI=1S/C22H41N2O6P/c1-6-8-9-10-11-12-13-14-15-16-21(25)20(23-22(26)7-2)19-30-31(27,28)29-18-17-24(3,4)5/h6,8,11-12,15-16,20-21,25H,7,9-10,13-14,17-19H2,1-5H3,(H-,23,26,27,28)/p+1/b8-6+,12-11+,16-15+. The molecule has 9 heteroatoms. The van der Waals surface area contributed by atoms with Gasteiger partial charge >= 0.3 is 7.82 Å². The Morgan fingerprint density at radius 1 is 1.06 bits per heavy atom. The Bertz CT molecular complexity index is 628. The molecule has 0 heterocycles. The van der Waals surface area contributed by atoms with Gasteiger partial charge in [0.05, 0.1) is 39.9 Å². The van der Waals surface area contributed by atoms with Crippen molar-refractivity contribution in [1.29, 1.82) is 0 Å². The van der Waals surface area contributed by atoms with Crippen molar-refractivity contribution in [1.82, 2.24) is 5.32 Å². The van der Waals surface area contributed by atoms with Gasteiger partial charge in [-0.15, -0.1) is 0 Å². The van der Waals surface area contributed by atoms with Crippen LogP contribution in [0.3, 0.4) is 0 Å². The number of carbonyl (C=O) groups excluding carboxylic acids is 1. The zero-order valence-electron chi connectivity index (χ0n) is 19.7. The molecule has 0 fully saturated rings. The van der Waals surface area contributed by atoms with Gasteiger partial charge in [-0.05, 0) is 32.6 Å². The van der Waals surface area contributed by atoms with E-state index in [1.807, 2.05) is 40.2 Å². The predicted molar refractivity (Wildman–Crippen MR) is 124 cm³/mol. The smallest absolute Gasteiger partial charge is 0.387 e. The SMILES string of the molecule is C/C=C/CC/C=C/CC/C=C/C(O)C(COP(=O)(O)OCC[N+](C)(C)C)NC(=O)CC. The number of amides is 1. The first-order chi connectivity index (χ1) is 14.5. The van der Waals surface area contributed by atoms with E-state index in [0.29, 0.717) is 11.0 Å². The summed E-state index contributed by atoms with van der Waals surface area (Å²) in [6.07, 6.45) is 14.5. The van der Waals surface area contributed by atoms with Gasteiger partial charge in [-0.3, -0.25) is 13.8 Å². The third kappa shape index (κ3) is 18.0. The van der Waals surface area contributed by atoms with Gasteiger partial charge in [-0.25, -0.2) is 4.57 Å². The molecule has 0 rings (SSSR count). The van der Waals surface area contributed by atoms with Crippen molar-refractivity contribution in [3.63, 3.8) is 0 Å². The molecule has 8 nitrogen and oxygen atoms in total. The van der Waals surface area contributed by atoms with Crippen LogP contribution < -0.4 is 5.32 Å². The quantitative estimate of drug-likeness (QED) is 0.133. The van der Waals surface area contributed by atoms with Crippen molar-refractivity contribution in [3.8, 4) is 0 Å². The lowest BCUT2D eigenvalue weighted by Gasteiger charge is -2.25. The van der Waals surface area contributed by atoms with Gasteiger partial charge in [0.25, 0.3) is 0 Å². The molecule has 0 aromatic carbocycles. The van der Waals surface area contributed by atoms with Gasteiger partial charge in [0, 0.05) is 6.42 Å². The number of nitrogens with one attached hydrogen (secondary N) is 1. The Balaban J connectivity index is 4.61. The molecule has 0 saturated carbocycles. The number of phosphoric acid groups is 1. The maximum atomic E-state index is 12.1. The van der Waals surface area contributed by atoms with Crippen LogP contribution in [0.1, 0.15) is 46.0 Å². The molecule has 180 valence electrons. The molecular formula is C22H42N2O6P+. The summed E-state index contributed by atoms with van der Waals surface area (Å²) in [7, 11) is 1.52. The number of allylic oxidation sites excluding steroid dienone is 5. The molecule has 3 N–H and O–H groups in total. The summed E-state index contributed by atoms with van der Waals surface area (Å²) in [5.41, 5.74) is 0. The van der Waals surface area contributed by atoms with Crippen molar-refractivity contribution in [2.45, 2.75) is 58.1 Å². The minimum Gasteiger partial charge on any atom is -0.387 e. The predicted octanol–water partition coefficient (Wildman–Crippen LogP) is 3.33. The largest absolute Gasteiger partial charge is 0.472 e. The average Bonchev–Trinajstić information content (AvgIpc) is 2.68. The molecule has 0 aromatic rings. The minimum absolute atomic E-state index is 0.0496. The number of hydrogen-bond acceptors (Lipinski definition) is 5. The second-order valence-corrected chi connectivity index (χ2v) is 9.71. The number of rotatable bonds is 17. The Morgan fingerprint density at radius 3 is 2.19 bits per heavy atom. The summed E-state index contributed by atoms with van der Waals surface area (Å²) in [5, 5.41) is 13.0. The van der Waals surface area contributed by atoms with Crippen LogP contribution in [0.25, 0.3) is 0 Å². The first kappa shape index (κ1) is 29.7. The van der Waals surface area contributed by atoms with E-state index in [2.05, 4.69) is 23.5 Å². The lowest BCUT2D eigenvalue weighted by Crippen LogP contribution is -2.45. The molecule has 0 aliphatic carbocycles. The molecule has 31 heavy (non-hydrogen) atoms. The van der Waals surface area contributed by atoms with Crippen molar-refractivity contribution in [2.24, 2.45) is 0 Å². The lowest BCUT2D eigenvalue weighted by atomic mass is 10.1. The Hall–Kier alpha value is -1.28. The molecule has 0 saturated heterocycles. The molecule has 0 aliphatic rings. The number of quaternary nitrogens is 1. The number of hydrogen-bond donors (Lipinski definition) is 3. The molecular weight excluding hydrogens is 419 g/mol. The summed E-state index contributed by atoms with van der Waals surface area (Å²) in [5.74, 6) is -0.288. The van der Waals surface area contributed by atoms with E-state index >= 15 is 0 Å². The van der Waals surface area contributed by atoms with Crippen LogP contribution in [-0.2, 0) is 18.4 Å². The zero-order valence-corrected chi connectivity index (χ0v) is 20.6. The molecule has 1 amide bonds. The average molecular weight is 462 g/mol. The number of unbranched alkanes of at least 4 members (excludes halogenated alkanes) is 2. The zero-order chi connectivity index (χ0) is 23.8. The van der Waals surface area contributed by atoms with Crippen LogP contribution in [-0.4, -0.2) is 73.4 Å².